The SMILES string of the molecule is CN1COc2ccc(Nc3sc(-c4c(F)cc(C(C)(C)O)cc4F)cc3C(N)=O)nc2C1. The van der Waals surface area contributed by atoms with E-state index >= 15 is 0 Å². The van der Waals surface area contributed by atoms with E-state index in [1.165, 1.54) is 19.9 Å². The molecule has 1 aliphatic heterocycles. The van der Waals surface area contributed by atoms with Crippen molar-refractivity contribution in [3.63, 3.8) is 0 Å². The van der Waals surface area contributed by atoms with Gasteiger partial charge in [-0.05, 0) is 56.8 Å². The Morgan fingerprint density at radius 1 is 1.28 bits per heavy atom. The van der Waals surface area contributed by atoms with E-state index in [-0.39, 0.29) is 21.6 Å². The number of nitrogens with zero attached hydrogens (tertiary/aromatic N) is 2. The lowest BCUT2D eigenvalue weighted by Gasteiger charge is -2.24. The van der Waals surface area contributed by atoms with Crippen LogP contribution in [-0.4, -0.2) is 34.7 Å². The molecule has 1 aromatic carbocycles. The van der Waals surface area contributed by atoms with Crippen molar-refractivity contribution in [2.24, 2.45) is 5.73 Å². The van der Waals surface area contributed by atoms with Crippen LogP contribution in [0.1, 0.15) is 35.5 Å². The molecule has 0 saturated heterocycles. The number of benzene rings is 1. The fourth-order valence-electron chi connectivity index (χ4n) is 3.35. The Morgan fingerprint density at radius 3 is 2.59 bits per heavy atom. The number of fused-ring (bicyclic) bond motifs is 1. The number of carbonyl (C=O) groups is 1. The van der Waals surface area contributed by atoms with Crippen LogP contribution in [0.2, 0.25) is 0 Å². The largest absolute Gasteiger partial charge is 0.476 e. The number of halogens is 2. The Morgan fingerprint density at radius 2 is 1.97 bits per heavy atom. The van der Waals surface area contributed by atoms with E-state index in [9.17, 15) is 18.7 Å². The maximum Gasteiger partial charge on any atom is 0.251 e. The Bertz CT molecular complexity index is 1180. The highest BCUT2D eigenvalue weighted by Gasteiger charge is 2.25. The Labute approximate surface area is 187 Å². The smallest absolute Gasteiger partial charge is 0.251 e. The fourth-order valence-corrected chi connectivity index (χ4v) is 4.47. The predicted molar refractivity (Wildman–Crippen MR) is 118 cm³/mol. The average molecular weight is 461 g/mol. The summed E-state index contributed by atoms with van der Waals surface area (Å²) in [7, 11) is 1.90. The lowest BCUT2D eigenvalue weighted by atomic mass is 9.96. The normalized spacial score (nSPS) is 14.1. The summed E-state index contributed by atoms with van der Waals surface area (Å²) in [4.78, 5) is 18.6. The van der Waals surface area contributed by atoms with Crippen LogP contribution in [0.3, 0.4) is 0 Å². The van der Waals surface area contributed by atoms with Gasteiger partial charge in [-0.1, -0.05) is 0 Å². The molecule has 0 radical (unpaired) electrons. The van der Waals surface area contributed by atoms with Gasteiger partial charge in [-0.3, -0.25) is 9.69 Å². The van der Waals surface area contributed by atoms with Crippen LogP contribution in [0.4, 0.5) is 19.6 Å². The lowest BCUT2D eigenvalue weighted by Crippen LogP contribution is -2.28. The highest BCUT2D eigenvalue weighted by atomic mass is 32.1. The van der Waals surface area contributed by atoms with Gasteiger partial charge < -0.3 is 20.9 Å². The summed E-state index contributed by atoms with van der Waals surface area (Å²) in [6, 6.07) is 6.96. The maximum absolute atomic E-state index is 14.8. The van der Waals surface area contributed by atoms with Crippen molar-refractivity contribution in [3.8, 4) is 16.2 Å². The topological polar surface area (TPSA) is 101 Å². The van der Waals surface area contributed by atoms with Gasteiger partial charge in [0.2, 0.25) is 0 Å². The molecule has 7 nitrogen and oxygen atoms in total. The van der Waals surface area contributed by atoms with Crippen LogP contribution in [-0.2, 0) is 12.1 Å². The van der Waals surface area contributed by atoms with Crippen molar-refractivity contribution in [3.05, 3.63) is 58.8 Å². The number of hydrogen-bond acceptors (Lipinski definition) is 7. The van der Waals surface area contributed by atoms with E-state index in [1.54, 1.807) is 12.1 Å². The predicted octanol–water partition coefficient (Wildman–Crippen LogP) is 3.94. The Hall–Kier alpha value is -3.08. The number of aliphatic hydroxyl groups is 1. The van der Waals surface area contributed by atoms with Crippen molar-refractivity contribution in [1.82, 2.24) is 9.88 Å². The van der Waals surface area contributed by atoms with Gasteiger partial charge in [0.05, 0.1) is 22.4 Å². The average Bonchev–Trinajstić information content (AvgIpc) is 3.10. The van der Waals surface area contributed by atoms with Crippen molar-refractivity contribution in [2.75, 3.05) is 19.1 Å². The van der Waals surface area contributed by atoms with E-state index in [0.717, 1.165) is 29.2 Å². The van der Waals surface area contributed by atoms with Crippen LogP contribution in [0.25, 0.3) is 10.4 Å². The summed E-state index contributed by atoms with van der Waals surface area (Å²) in [5.74, 6) is -1.33. The molecule has 0 bridgehead atoms. The molecule has 0 aliphatic carbocycles. The van der Waals surface area contributed by atoms with Crippen LogP contribution in [0.15, 0.2) is 30.3 Å². The summed E-state index contributed by atoms with van der Waals surface area (Å²) in [5.41, 5.74) is 4.71. The van der Waals surface area contributed by atoms with E-state index < -0.39 is 23.1 Å². The summed E-state index contributed by atoms with van der Waals surface area (Å²) in [6.45, 7) is 3.93. The number of hydrogen-bond donors (Lipinski definition) is 3. The molecule has 168 valence electrons. The number of thiophene rings is 1. The molecule has 0 fully saturated rings. The second kappa shape index (κ2) is 8.12. The first kappa shape index (κ1) is 22.1. The molecule has 4 rings (SSSR count). The molecular formula is C22H22F2N4O3S. The molecule has 3 aromatic rings. The van der Waals surface area contributed by atoms with Gasteiger partial charge in [0.15, 0.2) is 0 Å². The van der Waals surface area contributed by atoms with Crippen LogP contribution >= 0.6 is 11.3 Å². The number of rotatable bonds is 5. The molecule has 10 heteroatoms. The summed E-state index contributed by atoms with van der Waals surface area (Å²) >= 11 is 0.979. The molecule has 32 heavy (non-hydrogen) atoms. The number of ether oxygens (including phenoxy) is 1. The first-order valence-electron chi connectivity index (χ1n) is 9.77. The highest BCUT2D eigenvalue weighted by molar-refractivity contribution is 7.20. The van der Waals surface area contributed by atoms with Crippen molar-refractivity contribution in [2.45, 2.75) is 26.0 Å². The number of nitrogens with one attached hydrogen (secondary N) is 1. The third-order valence-electron chi connectivity index (χ3n) is 5.03. The van der Waals surface area contributed by atoms with Gasteiger partial charge in [-0.25, -0.2) is 13.8 Å². The number of aromatic nitrogens is 1. The first-order chi connectivity index (χ1) is 15.0. The van der Waals surface area contributed by atoms with Gasteiger partial charge in [-0.15, -0.1) is 11.3 Å². The molecule has 4 N–H and O–H groups in total. The third kappa shape index (κ3) is 4.29. The molecule has 0 unspecified atom stereocenters. The standard InChI is InChI=1S/C22H22F2N4O3S/c1-22(2,30)11-6-13(23)19(14(24)7-11)17-8-12(20(25)29)21(32-17)27-18-5-4-16-15(26-18)9-28(3)10-31-16/h4-8,30H,9-10H2,1-3H3,(H2,25,29)(H,26,27). The van der Waals surface area contributed by atoms with Crippen LogP contribution in [0, 0.1) is 11.6 Å². The van der Waals surface area contributed by atoms with Gasteiger partial charge in [0, 0.05) is 11.4 Å². The van der Waals surface area contributed by atoms with Crippen molar-refractivity contribution in [1.29, 1.82) is 0 Å². The molecular weight excluding hydrogens is 438 g/mol. The zero-order chi connectivity index (χ0) is 23.2. The number of nitrogens with two attached hydrogens (primary N) is 1. The quantitative estimate of drug-likeness (QED) is 0.533. The minimum atomic E-state index is -1.41. The van der Waals surface area contributed by atoms with E-state index in [4.69, 9.17) is 10.5 Å². The maximum atomic E-state index is 14.8. The summed E-state index contributed by atoms with van der Waals surface area (Å²) in [5, 5.41) is 13.4. The van der Waals surface area contributed by atoms with E-state index in [1.807, 2.05) is 11.9 Å². The number of primary amides is 1. The third-order valence-corrected chi connectivity index (χ3v) is 6.09. The summed E-state index contributed by atoms with van der Waals surface area (Å²) < 4.78 is 35.2. The Balaban J connectivity index is 1.72. The van der Waals surface area contributed by atoms with E-state index in [2.05, 4.69) is 10.3 Å². The zero-order valence-electron chi connectivity index (χ0n) is 17.7. The number of pyridine rings is 1. The first-order valence-corrected chi connectivity index (χ1v) is 10.6. The summed E-state index contributed by atoms with van der Waals surface area (Å²) in [6.07, 6.45) is 0. The van der Waals surface area contributed by atoms with Crippen molar-refractivity contribution >= 4 is 28.1 Å². The van der Waals surface area contributed by atoms with Gasteiger partial charge >= 0.3 is 0 Å². The van der Waals surface area contributed by atoms with Gasteiger partial charge in [-0.2, -0.15) is 0 Å². The number of anilines is 2. The van der Waals surface area contributed by atoms with Gasteiger partial charge in [0.1, 0.15) is 34.9 Å². The minimum Gasteiger partial charge on any atom is -0.476 e. The van der Waals surface area contributed by atoms with Gasteiger partial charge in [0.25, 0.3) is 5.91 Å². The fraction of sp³-hybridized carbons (Fsp3) is 0.273. The molecule has 1 aliphatic rings. The molecule has 0 spiro atoms. The molecule has 3 heterocycles. The second-order valence-corrected chi connectivity index (χ2v) is 9.20. The van der Waals surface area contributed by atoms with Crippen LogP contribution in [0.5, 0.6) is 5.75 Å². The van der Waals surface area contributed by atoms with Crippen LogP contribution < -0.4 is 15.8 Å². The highest BCUT2D eigenvalue weighted by Crippen LogP contribution is 2.40. The zero-order valence-corrected chi connectivity index (χ0v) is 18.5. The monoisotopic (exact) mass is 460 g/mol. The molecule has 0 atom stereocenters. The number of carbonyl (C=O) groups excluding carboxylic acids is 1. The molecule has 1 amide bonds. The lowest BCUT2D eigenvalue weighted by molar-refractivity contribution is 0.0778. The Kier molecular flexibility index (Phi) is 5.61. The van der Waals surface area contributed by atoms with Crippen molar-refractivity contribution < 1.29 is 23.4 Å². The number of amides is 1. The molecule has 0 saturated carbocycles. The molecule has 2 aromatic heterocycles. The minimum absolute atomic E-state index is 0.0863. The second-order valence-electron chi connectivity index (χ2n) is 8.15. The van der Waals surface area contributed by atoms with E-state index in [0.29, 0.717) is 29.8 Å².